The second-order valence-electron chi connectivity index (χ2n) is 4.41. The molecule has 0 unspecified atom stereocenters. The van der Waals surface area contributed by atoms with E-state index in [2.05, 4.69) is 11.4 Å². The maximum atomic E-state index is 13.7. The highest BCUT2D eigenvalue weighted by Crippen LogP contribution is 2.18. The Morgan fingerprint density at radius 1 is 1.05 bits per heavy atom. The number of nitriles is 2. The molecule has 0 heterocycles. The van der Waals surface area contributed by atoms with Gasteiger partial charge in [0.15, 0.2) is 0 Å². The second kappa shape index (κ2) is 5.86. The van der Waals surface area contributed by atoms with E-state index in [9.17, 15) is 4.39 Å². The van der Waals surface area contributed by atoms with Gasteiger partial charge in [-0.15, -0.1) is 0 Å². The predicted molar refractivity (Wildman–Crippen MR) is 74.3 cm³/mol. The lowest BCUT2D eigenvalue weighted by atomic mass is 10.1. The first-order chi connectivity index (χ1) is 9.63. The quantitative estimate of drug-likeness (QED) is 0.924. The molecule has 2 rings (SSSR count). The maximum Gasteiger partial charge on any atom is 0.147 e. The van der Waals surface area contributed by atoms with Crippen LogP contribution in [0.1, 0.15) is 22.3 Å². The molecule has 98 valence electrons. The van der Waals surface area contributed by atoms with Gasteiger partial charge in [0.05, 0.1) is 29.0 Å². The Morgan fingerprint density at radius 3 is 2.30 bits per heavy atom. The Hall–Kier alpha value is -2.85. The van der Waals surface area contributed by atoms with Crippen molar-refractivity contribution in [3.05, 3.63) is 64.5 Å². The molecule has 0 radical (unpaired) electrons. The number of hydrogen-bond acceptors (Lipinski definition) is 3. The summed E-state index contributed by atoms with van der Waals surface area (Å²) in [6.45, 7) is 2.37. The molecule has 0 aliphatic carbocycles. The van der Waals surface area contributed by atoms with E-state index in [1.807, 2.05) is 19.1 Å². The lowest BCUT2D eigenvalue weighted by Crippen LogP contribution is -2.03. The molecule has 0 spiro atoms. The summed E-state index contributed by atoms with van der Waals surface area (Å²) in [6, 6.07) is 13.7. The maximum absolute atomic E-state index is 13.7. The molecule has 0 amide bonds. The fourth-order valence-corrected chi connectivity index (χ4v) is 1.88. The first-order valence-electron chi connectivity index (χ1n) is 6.07. The van der Waals surface area contributed by atoms with Crippen molar-refractivity contribution in [3.8, 4) is 12.1 Å². The van der Waals surface area contributed by atoms with Crippen molar-refractivity contribution < 1.29 is 4.39 Å². The Morgan fingerprint density at radius 2 is 1.70 bits per heavy atom. The normalized spacial score (nSPS) is 9.60. The van der Waals surface area contributed by atoms with E-state index in [0.717, 1.165) is 11.1 Å². The van der Waals surface area contributed by atoms with Gasteiger partial charge in [-0.05, 0) is 48.4 Å². The van der Waals surface area contributed by atoms with Crippen LogP contribution in [0, 0.1) is 35.4 Å². The van der Waals surface area contributed by atoms with Gasteiger partial charge in [-0.25, -0.2) is 4.39 Å². The summed E-state index contributed by atoms with van der Waals surface area (Å²) in [4.78, 5) is 0. The number of halogens is 1. The Kier molecular flexibility index (Phi) is 3.98. The van der Waals surface area contributed by atoms with Crippen LogP contribution in [0.3, 0.4) is 0 Å². The summed E-state index contributed by atoms with van der Waals surface area (Å²) >= 11 is 0. The molecule has 0 atom stereocenters. The average molecular weight is 265 g/mol. The number of anilines is 1. The monoisotopic (exact) mass is 265 g/mol. The van der Waals surface area contributed by atoms with Crippen molar-refractivity contribution in [2.45, 2.75) is 13.5 Å². The third-order valence-electron chi connectivity index (χ3n) is 3.04. The minimum absolute atomic E-state index is 0.294. The third-order valence-corrected chi connectivity index (χ3v) is 3.04. The first-order valence-corrected chi connectivity index (χ1v) is 6.07. The third kappa shape index (κ3) is 2.93. The largest absolute Gasteiger partial charge is 0.379 e. The van der Waals surface area contributed by atoms with Gasteiger partial charge < -0.3 is 5.32 Å². The summed E-state index contributed by atoms with van der Waals surface area (Å²) < 4.78 is 13.7. The molecule has 0 aromatic heterocycles. The molecule has 0 bridgehead atoms. The van der Waals surface area contributed by atoms with Crippen LogP contribution in [0.15, 0.2) is 36.4 Å². The number of rotatable bonds is 3. The summed E-state index contributed by atoms with van der Waals surface area (Å²) in [6.07, 6.45) is 0. The SMILES string of the molecule is Cc1cc(C#N)ccc1CNc1ccc(C#N)cc1F. The minimum Gasteiger partial charge on any atom is -0.379 e. The molecule has 1 N–H and O–H groups in total. The van der Waals surface area contributed by atoms with E-state index in [4.69, 9.17) is 10.5 Å². The molecule has 20 heavy (non-hydrogen) atoms. The molecule has 0 aliphatic rings. The smallest absolute Gasteiger partial charge is 0.147 e. The minimum atomic E-state index is -0.449. The molecular weight excluding hydrogens is 253 g/mol. The van der Waals surface area contributed by atoms with Gasteiger partial charge in [0.1, 0.15) is 5.82 Å². The highest BCUT2D eigenvalue weighted by molar-refractivity contribution is 5.49. The number of nitrogens with one attached hydrogen (secondary N) is 1. The lowest BCUT2D eigenvalue weighted by Gasteiger charge is -2.10. The highest BCUT2D eigenvalue weighted by atomic mass is 19.1. The van der Waals surface area contributed by atoms with E-state index in [0.29, 0.717) is 23.4 Å². The molecule has 0 aliphatic heterocycles. The van der Waals surface area contributed by atoms with Gasteiger partial charge in [0.2, 0.25) is 0 Å². The zero-order valence-electron chi connectivity index (χ0n) is 10.9. The summed E-state index contributed by atoms with van der Waals surface area (Å²) in [7, 11) is 0. The van der Waals surface area contributed by atoms with E-state index in [1.165, 1.54) is 6.07 Å². The zero-order chi connectivity index (χ0) is 14.5. The van der Waals surface area contributed by atoms with Crippen LogP contribution in [-0.2, 0) is 6.54 Å². The highest BCUT2D eigenvalue weighted by Gasteiger charge is 2.05. The van der Waals surface area contributed by atoms with E-state index >= 15 is 0 Å². The standard InChI is InChI=1S/C16H12FN3/c1-11-6-12(8-18)2-4-14(11)10-20-16-5-3-13(9-19)7-15(16)17/h2-7,20H,10H2,1H3. The van der Waals surface area contributed by atoms with Crippen LogP contribution in [-0.4, -0.2) is 0 Å². The van der Waals surface area contributed by atoms with E-state index in [-0.39, 0.29) is 0 Å². The van der Waals surface area contributed by atoms with Crippen LogP contribution in [0.4, 0.5) is 10.1 Å². The predicted octanol–water partition coefficient (Wildman–Crippen LogP) is 3.49. The van der Waals surface area contributed by atoms with Gasteiger partial charge in [-0.1, -0.05) is 6.07 Å². The number of aryl methyl sites for hydroxylation is 1. The molecule has 0 fully saturated rings. The zero-order valence-corrected chi connectivity index (χ0v) is 10.9. The summed E-state index contributed by atoms with van der Waals surface area (Å²) in [5, 5.41) is 20.5. The van der Waals surface area contributed by atoms with Gasteiger partial charge in [-0.3, -0.25) is 0 Å². The molecule has 2 aromatic carbocycles. The van der Waals surface area contributed by atoms with E-state index in [1.54, 1.807) is 24.3 Å². The van der Waals surface area contributed by atoms with Crippen LogP contribution >= 0.6 is 0 Å². The number of benzene rings is 2. The fourth-order valence-electron chi connectivity index (χ4n) is 1.88. The van der Waals surface area contributed by atoms with E-state index < -0.39 is 5.82 Å². The molecule has 0 saturated carbocycles. The van der Waals surface area contributed by atoms with Crippen molar-refractivity contribution in [3.63, 3.8) is 0 Å². The van der Waals surface area contributed by atoms with Crippen LogP contribution < -0.4 is 5.32 Å². The van der Waals surface area contributed by atoms with Crippen molar-refractivity contribution in [2.75, 3.05) is 5.32 Å². The van der Waals surface area contributed by atoms with Crippen LogP contribution in [0.5, 0.6) is 0 Å². The van der Waals surface area contributed by atoms with Gasteiger partial charge in [0.25, 0.3) is 0 Å². The second-order valence-corrected chi connectivity index (χ2v) is 4.41. The van der Waals surface area contributed by atoms with Crippen molar-refractivity contribution >= 4 is 5.69 Å². The Labute approximate surface area is 116 Å². The van der Waals surface area contributed by atoms with Gasteiger partial charge in [0, 0.05) is 6.54 Å². The van der Waals surface area contributed by atoms with Gasteiger partial charge in [-0.2, -0.15) is 10.5 Å². The fraction of sp³-hybridized carbons (Fsp3) is 0.125. The molecule has 0 saturated heterocycles. The summed E-state index contributed by atoms with van der Waals surface area (Å²) in [5.41, 5.74) is 3.23. The topological polar surface area (TPSA) is 59.6 Å². The molecule has 3 nitrogen and oxygen atoms in total. The lowest BCUT2D eigenvalue weighted by molar-refractivity contribution is 0.629. The van der Waals surface area contributed by atoms with Crippen molar-refractivity contribution in [1.82, 2.24) is 0 Å². The molecular formula is C16H12FN3. The Balaban J connectivity index is 2.13. The number of nitrogens with zero attached hydrogens (tertiary/aromatic N) is 2. The van der Waals surface area contributed by atoms with Crippen LogP contribution in [0.25, 0.3) is 0 Å². The molecule has 2 aromatic rings. The first kappa shape index (κ1) is 13.6. The van der Waals surface area contributed by atoms with Gasteiger partial charge >= 0.3 is 0 Å². The Bertz CT molecular complexity index is 660. The van der Waals surface area contributed by atoms with Crippen molar-refractivity contribution in [2.24, 2.45) is 0 Å². The van der Waals surface area contributed by atoms with Crippen LogP contribution in [0.2, 0.25) is 0 Å². The summed E-state index contributed by atoms with van der Waals surface area (Å²) in [5.74, 6) is -0.449. The van der Waals surface area contributed by atoms with Crippen molar-refractivity contribution in [1.29, 1.82) is 10.5 Å². The average Bonchev–Trinajstić information content (AvgIpc) is 2.46. The number of hydrogen-bond donors (Lipinski definition) is 1. The molecule has 4 heteroatoms.